The van der Waals surface area contributed by atoms with Crippen LogP contribution in [0.4, 0.5) is 45.5 Å². The quantitative estimate of drug-likeness (QED) is 0.132. The molecule has 96 heavy (non-hydrogen) atoms. The number of para-hydroxylation sites is 2. The predicted molar refractivity (Wildman–Crippen MR) is 375 cm³/mol. The number of nitrogens with zero attached hydrogens (tertiary/aromatic N) is 16. The zero-order chi connectivity index (χ0) is 87.0. The van der Waals surface area contributed by atoms with Crippen LogP contribution < -0.4 is 0 Å². The van der Waals surface area contributed by atoms with Gasteiger partial charge in [-0.05, 0) is 172 Å². The average molecular weight is 1270 g/mol. The minimum atomic E-state index is -0.339. The van der Waals surface area contributed by atoms with Gasteiger partial charge in [0, 0.05) is 0 Å². The van der Waals surface area contributed by atoms with Crippen molar-refractivity contribution in [2.75, 3.05) is 0 Å². The molecule has 8 aromatic rings. The van der Waals surface area contributed by atoms with Crippen LogP contribution >= 0.6 is 0 Å². The summed E-state index contributed by atoms with van der Waals surface area (Å²) in [5.41, 5.74) is 11.7. The van der Waals surface area contributed by atoms with Crippen LogP contribution in [0.25, 0.3) is 38.8 Å². The van der Waals surface area contributed by atoms with Crippen LogP contribution in [-0.4, -0.2) is 0 Å². The van der Waals surface area contributed by atoms with E-state index in [0.29, 0.717) is 55.9 Å². The van der Waals surface area contributed by atoms with Gasteiger partial charge in [-0.1, -0.05) is 124 Å². The first-order valence-corrected chi connectivity index (χ1v) is 27.4. The minimum Gasteiger partial charge on any atom is -0.236 e. The number of hydrogen-bond donors (Lipinski definition) is 0. The molecule has 0 aromatic heterocycles. The Labute approximate surface area is 588 Å². The third-order valence-corrected chi connectivity index (χ3v) is 13.6. The molecule has 0 unspecified atom stereocenters. The van der Waals surface area contributed by atoms with Crippen LogP contribution in [-0.2, 0) is 0 Å². The highest BCUT2D eigenvalue weighted by Crippen LogP contribution is 2.32. The molecule has 0 saturated heterocycles. The monoisotopic (exact) mass is 1260 g/mol. The van der Waals surface area contributed by atoms with E-state index >= 15 is 0 Å². The summed E-state index contributed by atoms with van der Waals surface area (Å²) in [7, 11) is 0. The van der Waals surface area contributed by atoms with E-state index in [0.717, 1.165) is 33.4 Å². The van der Waals surface area contributed by atoms with Gasteiger partial charge < -0.3 is 0 Å². The summed E-state index contributed by atoms with van der Waals surface area (Å²) in [6, 6.07) is 13.4. The van der Waals surface area contributed by atoms with Crippen LogP contribution in [0.5, 0.6) is 0 Å². The summed E-state index contributed by atoms with van der Waals surface area (Å²) in [5.74, 6) is 0. The maximum Gasteiger partial charge on any atom is 0.207 e. The van der Waals surface area contributed by atoms with Crippen molar-refractivity contribution in [3.63, 3.8) is 0 Å². The Balaban J connectivity index is 0.000000640. The molecule has 16 nitrogen and oxygen atoms in total. The summed E-state index contributed by atoms with van der Waals surface area (Å²) in [6.45, 7) is 82.5. The van der Waals surface area contributed by atoms with E-state index in [2.05, 4.69) is 38.8 Å². The van der Waals surface area contributed by atoms with Crippen LogP contribution in [0.15, 0.2) is 96.7 Å². The number of benzene rings is 8. The Hall–Kier alpha value is -14.4. The topological polar surface area (TPSA) is 225 Å². The first-order chi connectivity index (χ1) is 52.3. The van der Waals surface area contributed by atoms with Crippen molar-refractivity contribution in [1.82, 2.24) is 0 Å². The molecule has 0 radical (unpaired) electrons. The van der Waals surface area contributed by atoms with Gasteiger partial charge in [0.1, 0.15) is 0 Å². The molecule has 0 amide bonds. The van der Waals surface area contributed by atoms with Crippen LogP contribution in [0.2, 0.25) is 0 Å². The average Bonchev–Trinajstić information content (AvgIpc) is 0.864. The van der Waals surface area contributed by atoms with E-state index in [4.69, 9.17) is 117 Å². The molecule has 0 saturated carbocycles. The molecule has 0 spiro atoms. The molecule has 16 heteroatoms. The predicted octanol–water partition coefficient (Wildman–Crippen LogP) is 21.8. The Kier molecular flexibility index (Phi) is 22.9. The van der Waals surface area contributed by atoms with Crippen molar-refractivity contribution in [3.05, 3.63) is 322 Å². The Bertz CT molecular complexity index is 4570. The summed E-state index contributed by atoms with van der Waals surface area (Å²) in [4.78, 5) is 25.7. The second-order valence-electron chi connectivity index (χ2n) is 19.6. The smallest absolute Gasteiger partial charge is 0.207 e. The lowest BCUT2D eigenvalue weighted by Gasteiger charge is -2.07. The highest BCUT2D eigenvalue weighted by atomic mass is 14.7. The SMILES string of the molecule is [2H]c1c(C)c(C)c(C)c([N+]#[C-])c1C#N.[2H]c1c(C)c(C)c(C)c([N+]#[C-])c1C#N.[2H]c1c(C)c([2H])c(C#N)c([N+]#[C-])c1C.[2H]c1c([2H])c(C#N)c([N+]#[C-])c(C)c1C.[2H]c1c([2H])c(C#N)c([N+]#[C-])c(C)c1C.[2H]c1c([2H])c(C)c([N+]#[C-])c(C#N)c1C.[2H]c1c([2H])c(C)c([N+]#[C-])c(C#N)c1[2H].[2H]c1c([2H])c(C)c([N+]#[C-])c(C#N)c1[2H]. The Morgan fingerprint density at radius 1 is 0.240 bits per heavy atom. The third kappa shape index (κ3) is 21.1. The van der Waals surface area contributed by atoms with Crippen LogP contribution in [0.3, 0.4) is 0 Å². The Morgan fingerprint density at radius 3 is 0.823 bits per heavy atom. The van der Waals surface area contributed by atoms with Crippen molar-refractivity contribution in [2.45, 2.75) is 111 Å². The molecule has 8 rings (SSSR count). The fraction of sp³-hybridized carbons (Fsp3) is 0.200. The van der Waals surface area contributed by atoms with Crippen molar-refractivity contribution in [3.8, 4) is 48.6 Å². The van der Waals surface area contributed by atoms with Gasteiger partial charge in [0.05, 0.1) is 168 Å². The van der Waals surface area contributed by atoms with E-state index in [-0.39, 0.29) is 186 Å². The zero-order valence-electron chi connectivity index (χ0n) is 71.2. The van der Waals surface area contributed by atoms with E-state index in [1.54, 1.807) is 93.5 Å². The molecule has 0 heterocycles. The highest BCUT2D eigenvalue weighted by molar-refractivity contribution is 5.71. The molecule has 0 aliphatic rings. The third-order valence-electron chi connectivity index (χ3n) is 13.6. The summed E-state index contributed by atoms with van der Waals surface area (Å²) in [6.07, 6.45) is 0. The summed E-state index contributed by atoms with van der Waals surface area (Å²) < 4.78 is 120. The normalized spacial score (nSPS) is 11.0. The van der Waals surface area contributed by atoms with Gasteiger partial charge in [-0.2, -0.15) is 42.1 Å². The number of nitriles is 8. The van der Waals surface area contributed by atoms with E-state index in [1.807, 2.05) is 52.0 Å². The van der Waals surface area contributed by atoms with Crippen LogP contribution in [0, 0.1) is 254 Å². The second-order valence-corrected chi connectivity index (χ2v) is 19.6. The molecule has 0 fully saturated rings. The van der Waals surface area contributed by atoms with Gasteiger partial charge in [-0.25, -0.2) is 38.8 Å². The first kappa shape index (κ1) is 55.6. The molecule has 0 bridgehead atoms. The lowest BCUT2D eigenvalue weighted by atomic mass is 9.99. The molecule has 0 aliphatic heterocycles. The van der Waals surface area contributed by atoms with Crippen molar-refractivity contribution >= 4 is 45.5 Å². The lowest BCUT2D eigenvalue weighted by molar-refractivity contribution is 1.26. The van der Waals surface area contributed by atoms with E-state index < -0.39 is 0 Å². The maximum atomic E-state index is 8.86. The zero-order valence-corrected chi connectivity index (χ0v) is 55.2. The molecule has 8 aromatic carbocycles. The first-order valence-electron chi connectivity index (χ1n) is 35.4. The van der Waals surface area contributed by atoms with Crippen LogP contribution in [0.1, 0.15) is 155 Å². The molecule has 464 valence electrons. The van der Waals surface area contributed by atoms with Gasteiger partial charge in [0.15, 0.2) is 0 Å². The minimum absolute atomic E-state index is 0.00546. The highest BCUT2D eigenvalue weighted by Gasteiger charge is 2.13. The van der Waals surface area contributed by atoms with Gasteiger partial charge in [-0.3, -0.25) is 0 Å². The molecular formula is C80H64N16. The summed E-state index contributed by atoms with van der Waals surface area (Å²) in [5, 5.41) is 70.3. The van der Waals surface area contributed by atoms with Crippen molar-refractivity contribution < 1.29 is 21.9 Å². The molecule has 0 atom stereocenters. The lowest BCUT2D eigenvalue weighted by Crippen LogP contribution is -1.89. The number of hydrogen-bond acceptors (Lipinski definition) is 8. The van der Waals surface area contributed by atoms with Crippen molar-refractivity contribution in [2.24, 2.45) is 0 Å². The molecule has 0 aliphatic carbocycles. The number of rotatable bonds is 0. The Morgan fingerprint density at radius 2 is 0.510 bits per heavy atom. The fourth-order valence-corrected chi connectivity index (χ4v) is 7.61. The van der Waals surface area contributed by atoms with Gasteiger partial charge in [-0.15, -0.1) is 0 Å². The molecular weight excluding hydrogens is 1180 g/mol. The fourth-order valence-electron chi connectivity index (χ4n) is 7.61. The van der Waals surface area contributed by atoms with E-state index in [9.17, 15) is 0 Å². The van der Waals surface area contributed by atoms with Gasteiger partial charge in [0.25, 0.3) is 0 Å². The maximum absolute atomic E-state index is 8.86. The second kappa shape index (κ2) is 39.6. The van der Waals surface area contributed by atoms with E-state index in [1.165, 1.54) is 13.8 Å². The van der Waals surface area contributed by atoms with Gasteiger partial charge >= 0.3 is 0 Å². The largest absolute Gasteiger partial charge is 0.236 e. The summed E-state index contributed by atoms with van der Waals surface area (Å²) >= 11 is 0. The van der Waals surface area contributed by atoms with Gasteiger partial charge in [0.2, 0.25) is 45.5 Å². The standard InChI is InChI=1S/2C11H10N2.4C10H8N2.2C9H6N2/c2*1-7-5-10(6-12)11(13-4)9(3)8(7)2;1-7-4-8(2)10(12-3)9(5-7)6-11;2*1-7-4-5-9(6-11)10(12-3)8(7)2;1-7-4-5-8(2)10(12-3)9(7)6-11;2*1-7-4-3-5-8(6-10)9(7)11-2/h2*5H,1-3H3;4*4-5H,1-2H3;2*3-5H,1H3/i2*5D;4*4D,5D;2*3D,4D,5D. The van der Waals surface area contributed by atoms with Crippen molar-refractivity contribution in [1.29, 1.82) is 42.1 Å². The molecule has 0 N–H and O–H groups in total.